The first-order valence-electron chi connectivity index (χ1n) is 5.11. The number of hydrogen-bond donors (Lipinski definition) is 0. The van der Waals surface area contributed by atoms with Crippen LogP contribution in [0.3, 0.4) is 0 Å². The Hall–Kier alpha value is 0.110. The standard InChI is InChI=1S/C10H20OS2/c1-2-3-4-5-6-7-8-9-11-10(12)13/h2-9H2,1H3,(H,12,13)/p-1. The van der Waals surface area contributed by atoms with Crippen molar-refractivity contribution >= 4 is 29.2 Å². The van der Waals surface area contributed by atoms with Crippen LogP contribution in [0, 0.1) is 0 Å². The van der Waals surface area contributed by atoms with Crippen LogP contribution in [0.5, 0.6) is 0 Å². The minimum absolute atomic E-state index is 0.256. The largest absolute Gasteiger partial charge is 0.514 e. The lowest BCUT2D eigenvalue weighted by atomic mass is 10.1. The van der Waals surface area contributed by atoms with Gasteiger partial charge in [0.05, 0.1) is 6.61 Å². The highest BCUT2D eigenvalue weighted by atomic mass is 32.1. The van der Waals surface area contributed by atoms with Crippen LogP contribution in [0.2, 0.25) is 0 Å². The minimum atomic E-state index is 0.256. The van der Waals surface area contributed by atoms with Gasteiger partial charge in [-0.3, -0.25) is 0 Å². The van der Waals surface area contributed by atoms with Crippen LogP contribution in [0.4, 0.5) is 0 Å². The maximum atomic E-state index is 5.02. The van der Waals surface area contributed by atoms with Crippen molar-refractivity contribution in [2.75, 3.05) is 6.61 Å². The van der Waals surface area contributed by atoms with Gasteiger partial charge in [-0.1, -0.05) is 45.4 Å². The van der Waals surface area contributed by atoms with E-state index in [0.717, 1.165) is 6.42 Å². The Morgan fingerprint density at radius 2 is 1.62 bits per heavy atom. The summed E-state index contributed by atoms with van der Waals surface area (Å²) in [7, 11) is 0. The van der Waals surface area contributed by atoms with Gasteiger partial charge in [0.1, 0.15) is 0 Å². The second-order valence-electron chi connectivity index (χ2n) is 3.22. The molecule has 0 spiro atoms. The molecule has 0 radical (unpaired) electrons. The van der Waals surface area contributed by atoms with E-state index in [1.807, 2.05) is 0 Å². The summed E-state index contributed by atoms with van der Waals surface area (Å²) in [5, 5.41) is 0. The quantitative estimate of drug-likeness (QED) is 0.351. The zero-order valence-electron chi connectivity index (χ0n) is 8.38. The Morgan fingerprint density at radius 3 is 2.15 bits per heavy atom. The molecule has 0 rings (SSSR count). The Balaban J connectivity index is 2.87. The Bertz CT molecular complexity index is 126. The molecule has 1 nitrogen and oxygen atoms in total. The van der Waals surface area contributed by atoms with E-state index in [1.54, 1.807) is 0 Å². The third-order valence-electron chi connectivity index (χ3n) is 1.97. The lowest BCUT2D eigenvalue weighted by Crippen LogP contribution is -1.98. The van der Waals surface area contributed by atoms with Crippen LogP contribution >= 0.6 is 12.2 Å². The number of unbranched alkanes of at least 4 members (excludes halogenated alkanes) is 6. The van der Waals surface area contributed by atoms with E-state index in [-0.39, 0.29) is 4.38 Å². The predicted octanol–water partition coefficient (Wildman–Crippen LogP) is 3.59. The van der Waals surface area contributed by atoms with Gasteiger partial charge in [0.2, 0.25) is 0 Å². The first-order valence-corrected chi connectivity index (χ1v) is 5.92. The molecule has 0 aromatic carbocycles. The van der Waals surface area contributed by atoms with Crippen molar-refractivity contribution in [1.29, 1.82) is 0 Å². The molecule has 0 aromatic heterocycles. The van der Waals surface area contributed by atoms with E-state index < -0.39 is 0 Å². The maximum Gasteiger partial charge on any atom is 0.0858 e. The third-order valence-corrected chi connectivity index (χ3v) is 2.20. The van der Waals surface area contributed by atoms with Gasteiger partial charge in [-0.15, -0.1) is 0 Å². The first-order chi connectivity index (χ1) is 6.27. The van der Waals surface area contributed by atoms with Crippen molar-refractivity contribution in [3.8, 4) is 0 Å². The molecule has 0 N–H and O–H groups in total. The van der Waals surface area contributed by atoms with Crippen LogP contribution in [0.15, 0.2) is 0 Å². The van der Waals surface area contributed by atoms with Gasteiger partial charge in [-0.2, -0.15) is 0 Å². The van der Waals surface area contributed by atoms with Crippen LogP contribution in [0.25, 0.3) is 0 Å². The van der Waals surface area contributed by atoms with Gasteiger partial charge in [-0.05, 0) is 6.42 Å². The van der Waals surface area contributed by atoms with E-state index in [2.05, 4.69) is 31.8 Å². The lowest BCUT2D eigenvalue weighted by molar-refractivity contribution is 0.308. The van der Waals surface area contributed by atoms with E-state index in [0.29, 0.717) is 6.61 Å². The van der Waals surface area contributed by atoms with Gasteiger partial charge < -0.3 is 29.6 Å². The van der Waals surface area contributed by atoms with Crippen LogP contribution in [-0.2, 0) is 17.4 Å². The van der Waals surface area contributed by atoms with Crippen molar-refractivity contribution in [3.05, 3.63) is 0 Å². The molecule has 0 fully saturated rings. The highest BCUT2D eigenvalue weighted by molar-refractivity contribution is 7.99. The fourth-order valence-corrected chi connectivity index (χ4v) is 1.38. The predicted molar refractivity (Wildman–Crippen MR) is 63.9 cm³/mol. The smallest absolute Gasteiger partial charge is 0.0858 e. The van der Waals surface area contributed by atoms with Gasteiger partial charge in [-0.25, -0.2) is 0 Å². The van der Waals surface area contributed by atoms with Crippen LogP contribution < -0.4 is 0 Å². The molecule has 0 aromatic rings. The topological polar surface area (TPSA) is 9.23 Å². The van der Waals surface area contributed by atoms with Crippen molar-refractivity contribution < 1.29 is 4.74 Å². The highest BCUT2D eigenvalue weighted by Gasteiger charge is 1.90. The zero-order valence-corrected chi connectivity index (χ0v) is 10.0. The number of thiocarbonyl (C=S) groups is 1. The molecule has 0 aliphatic carbocycles. The normalized spacial score (nSPS) is 9.92. The average Bonchev–Trinajstić information content (AvgIpc) is 2.09. The fraction of sp³-hybridized carbons (Fsp3) is 0.900. The first kappa shape index (κ1) is 13.1. The van der Waals surface area contributed by atoms with Gasteiger partial charge in [0.25, 0.3) is 0 Å². The molecule has 0 heterocycles. The highest BCUT2D eigenvalue weighted by Crippen LogP contribution is 2.06. The van der Waals surface area contributed by atoms with Gasteiger partial charge in [0, 0.05) is 4.38 Å². The molecular formula is C10H19OS2-. The van der Waals surface area contributed by atoms with Crippen molar-refractivity contribution in [2.24, 2.45) is 0 Å². The lowest BCUT2D eigenvalue weighted by Gasteiger charge is -2.08. The SMILES string of the molecule is CCCCCCCCCOC(=S)[S-]. The van der Waals surface area contributed by atoms with Crippen molar-refractivity contribution in [1.82, 2.24) is 0 Å². The number of hydrogen-bond acceptors (Lipinski definition) is 3. The number of rotatable bonds is 8. The average molecular weight is 219 g/mol. The molecule has 0 aliphatic heterocycles. The molecule has 0 saturated heterocycles. The van der Waals surface area contributed by atoms with Crippen LogP contribution in [-0.4, -0.2) is 11.0 Å². The summed E-state index contributed by atoms with van der Waals surface area (Å²) in [6, 6.07) is 0. The molecular weight excluding hydrogens is 200 g/mol. The molecule has 0 unspecified atom stereocenters. The van der Waals surface area contributed by atoms with E-state index in [1.165, 1.54) is 38.5 Å². The summed E-state index contributed by atoms with van der Waals surface area (Å²) < 4.78 is 5.27. The van der Waals surface area contributed by atoms with E-state index >= 15 is 0 Å². The molecule has 0 amide bonds. The van der Waals surface area contributed by atoms with E-state index in [4.69, 9.17) is 4.74 Å². The molecule has 0 bridgehead atoms. The molecule has 0 saturated carbocycles. The van der Waals surface area contributed by atoms with Gasteiger partial charge >= 0.3 is 0 Å². The molecule has 0 atom stereocenters. The summed E-state index contributed by atoms with van der Waals surface area (Å²) in [6.45, 7) is 2.94. The molecule has 13 heavy (non-hydrogen) atoms. The minimum Gasteiger partial charge on any atom is -0.514 e. The van der Waals surface area contributed by atoms with Gasteiger partial charge in [0.15, 0.2) is 0 Å². The zero-order chi connectivity index (χ0) is 9.94. The summed E-state index contributed by atoms with van der Waals surface area (Å²) >= 11 is 9.25. The van der Waals surface area contributed by atoms with Crippen molar-refractivity contribution in [2.45, 2.75) is 51.9 Å². The summed E-state index contributed by atoms with van der Waals surface area (Å²) in [5.41, 5.74) is 0. The molecule has 78 valence electrons. The Kier molecular flexibility index (Phi) is 10.3. The molecule has 3 heteroatoms. The van der Waals surface area contributed by atoms with E-state index in [9.17, 15) is 0 Å². The monoisotopic (exact) mass is 219 g/mol. The second kappa shape index (κ2) is 10.2. The second-order valence-corrected chi connectivity index (χ2v) is 4.22. The maximum absolute atomic E-state index is 5.02. The van der Waals surface area contributed by atoms with Crippen molar-refractivity contribution in [3.63, 3.8) is 0 Å². The van der Waals surface area contributed by atoms with Crippen LogP contribution in [0.1, 0.15) is 51.9 Å². The summed E-state index contributed by atoms with van der Waals surface area (Å²) in [6.07, 6.45) is 9.04. The Morgan fingerprint density at radius 1 is 1.08 bits per heavy atom. The Labute approximate surface area is 92.7 Å². The number of ether oxygens (including phenoxy) is 1. The third kappa shape index (κ3) is 12.1. The fourth-order valence-electron chi connectivity index (χ4n) is 1.21. The summed E-state index contributed by atoms with van der Waals surface area (Å²) in [5.74, 6) is 0. The summed E-state index contributed by atoms with van der Waals surface area (Å²) in [4.78, 5) is 0. The molecule has 0 aliphatic rings.